The summed E-state index contributed by atoms with van der Waals surface area (Å²) in [7, 11) is 0. The quantitative estimate of drug-likeness (QED) is 0.154. The van der Waals surface area contributed by atoms with Gasteiger partial charge in [0.05, 0.1) is 0 Å². The van der Waals surface area contributed by atoms with Crippen LogP contribution in [0.3, 0.4) is 0 Å². The minimum Gasteiger partial charge on any atom is -0.456 e. The fraction of sp³-hybridized carbons (Fsp3) is 0. The molecule has 0 amide bonds. The van der Waals surface area contributed by atoms with Gasteiger partial charge in [-0.05, 0) is 91.0 Å². The van der Waals surface area contributed by atoms with E-state index in [1.54, 1.807) is 0 Å². The lowest BCUT2D eigenvalue weighted by Crippen LogP contribution is -1.92. The fourth-order valence-electron chi connectivity index (χ4n) is 7.29. The van der Waals surface area contributed by atoms with Gasteiger partial charge in [0.25, 0.3) is 0 Å². The van der Waals surface area contributed by atoms with Gasteiger partial charge in [-0.1, -0.05) is 97.1 Å². The fourth-order valence-corrected chi connectivity index (χ4v) is 8.46. The molecule has 0 aliphatic heterocycles. The molecule has 42 heavy (non-hydrogen) atoms. The Kier molecular flexibility index (Phi) is 4.39. The number of hydrogen-bond acceptors (Lipinski definition) is 2. The van der Waals surface area contributed by atoms with Gasteiger partial charge in [0.15, 0.2) is 0 Å². The second kappa shape index (κ2) is 8.19. The smallest absolute Gasteiger partial charge is 0.135 e. The molecule has 0 radical (unpaired) electrons. The van der Waals surface area contributed by atoms with Crippen molar-refractivity contribution in [3.8, 4) is 22.3 Å². The van der Waals surface area contributed by atoms with Gasteiger partial charge in [-0.15, -0.1) is 11.3 Å². The first kappa shape index (κ1) is 22.5. The molecule has 0 fully saturated rings. The number of para-hydroxylation sites is 1. The van der Waals surface area contributed by atoms with Crippen molar-refractivity contribution in [1.29, 1.82) is 0 Å². The van der Waals surface area contributed by atoms with E-state index in [0.29, 0.717) is 0 Å². The largest absolute Gasteiger partial charge is 0.456 e. The molecule has 0 aliphatic carbocycles. The molecule has 10 rings (SSSR count). The normalized spacial score (nSPS) is 12.3. The Hall–Kier alpha value is -5.18. The first-order valence-corrected chi connectivity index (χ1v) is 15.2. The number of fused-ring (bicyclic) bond motifs is 5. The monoisotopic (exact) mass is 550 g/mol. The Labute approximate surface area is 245 Å². The van der Waals surface area contributed by atoms with Crippen LogP contribution < -0.4 is 0 Å². The second-order valence-electron chi connectivity index (χ2n) is 11.2. The molecule has 0 saturated heterocycles. The Morgan fingerprint density at radius 3 is 1.76 bits per heavy atom. The van der Waals surface area contributed by atoms with Gasteiger partial charge in [-0.3, -0.25) is 0 Å². The third kappa shape index (κ3) is 2.92. The highest BCUT2D eigenvalue weighted by Gasteiger charge is 2.21. The van der Waals surface area contributed by atoms with Crippen LogP contribution in [0.25, 0.3) is 96.7 Å². The van der Waals surface area contributed by atoms with Crippen molar-refractivity contribution in [3.63, 3.8) is 0 Å². The zero-order valence-electron chi connectivity index (χ0n) is 22.5. The first-order valence-electron chi connectivity index (χ1n) is 14.4. The van der Waals surface area contributed by atoms with E-state index < -0.39 is 0 Å². The summed E-state index contributed by atoms with van der Waals surface area (Å²) in [6, 6.07) is 48.8. The lowest BCUT2D eigenvalue weighted by atomic mass is 9.83. The van der Waals surface area contributed by atoms with Crippen molar-refractivity contribution in [1.82, 2.24) is 0 Å². The van der Waals surface area contributed by atoms with E-state index in [9.17, 15) is 0 Å². The van der Waals surface area contributed by atoms with E-state index in [-0.39, 0.29) is 0 Å². The summed E-state index contributed by atoms with van der Waals surface area (Å²) in [6.45, 7) is 0. The van der Waals surface area contributed by atoms with Gasteiger partial charge in [-0.2, -0.15) is 0 Å². The molecule has 0 N–H and O–H groups in total. The molecule has 194 valence electrons. The molecule has 10 aromatic rings. The molecule has 0 atom stereocenters. The van der Waals surface area contributed by atoms with Crippen molar-refractivity contribution in [2.24, 2.45) is 0 Å². The molecular formula is C40H22OS. The van der Waals surface area contributed by atoms with Gasteiger partial charge in [0.2, 0.25) is 0 Å². The molecule has 0 saturated carbocycles. The molecule has 0 unspecified atom stereocenters. The van der Waals surface area contributed by atoms with E-state index in [1.165, 1.54) is 74.7 Å². The number of thiophene rings is 1. The summed E-state index contributed by atoms with van der Waals surface area (Å²) in [5, 5.41) is 12.8. The molecular weight excluding hydrogens is 529 g/mol. The van der Waals surface area contributed by atoms with Gasteiger partial charge in [0.1, 0.15) is 11.2 Å². The Morgan fingerprint density at radius 2 is 1.00 bits per heavy atom. The highest BCUT2D eigenvalue weighted by Crippen LogP contribution is 2.49. The van der Waals surface area contributed by atoms with Crippen molar-refractivity contribution < 1.29 is 4.42 Å². The molecule has 1 nitrogen and oxygen atoms in total. The maximum absolute atomic E-state index is 6.18. The summed E-state index contributed by atoms with van der Waals surface area (Å²) in [4.78, 5) is 0. The minimum atomic E-state index is 0.923. The average molecular weight is 551 g/mol. The highest BCUT2D eigenvalue weighted by atomic mass is 32.1. The Balaban J connectivity index is 1.37. The molecule has 2 heteroatoms. The molecule has 0 aliphatic rings. The summed E-state index contributed by atoms with van der Waals surface area (Å²) < 4.78 is 8.90. The van der Waals surface area contributed by atoms with Crippen LogP contribution in [0.1, 0.15) is 0 Å². The third-order valence-electron chi connectivity index (χ3n) is 9.01. The second-order valence-corrected chi connectivity index (χ2v) is 12.3. The van der Waals surface area contributed by atoms with Crippen molar-refractivity contribution in [2.45, 2.75) is 0 Å². The molecule has 0 bridgehead atoms. The van der Waals surface area contributed by atoms with Gasteiger partial charge in [-0.25, -0.2) is 0 Å². The van der Waals surface area contributed by atoms with Crippen molar-refractivity contribution >= 4 is 85.8 Å². The number of hydrogen-bond donors (Lipinski definition) is 0. The van der Waals surface area contributed by atoms with Crippen molar-refractivity contribution in [3.05, 3.63) is 133 Å². The van der Waals surface area contributed by atoms with E-state index >= 15 is 0 Å². The standard InChI is InChI=1S/C40H22OS/c1-3-13-28-26(11-1)37(24-19-20-34-31(21-24)25-10-5-6-16-33(25)41-34)27-12-2-4-14-29(27)39(28)32-22-23-9-7-17-35-38(23)40-30(32)15-8-18-36(40)42-35/h1-22H. The summed E-state index contributed by atoms with van der Waals surface area (Å²) in [5.41, 5.74) is 6.93. The van der Waals surface area contributed by atoms with E-state index in [2.05, 4.69) is 121 Å². The maximum Gasteiger partial charge on any atom is 0.135 e. The van der Waals surface area contributed by atoms with E-state index in [0.717, 1.165) is 21.9 Å². The van der Waals surface area contributed by atoms with Crippen LogP contribution in [0.2, 0.25) is 0 Å². The predicted octanol–water partition coefficient (Wildman–Crippen LogP) is 12.2. The van der Waals surface area contributed by atoms with Crippen LogP contribution in [-0.4, -0.2) is 0 Å². The minimum absolute atomic E-state index is 0.923. The molecule has 0 spiro atoms. The predicted molar refractivity (Wildman–Crippen MR) is 181 cm³/mol. The molecule has 2 aromatic heterocycles. The summed E-state index contributed by atoms with van der Waals surface area (Å²) in [5.74, 6) is 0. The van der Waals surface area contributed by atoms with Crippen LogP contribution in [0.4, 0.5) is 0 Å². The highest BCUT2D eigenvalue weighted by molar-refractivity contribution is 7.26. The Bertz CT molecular complexity index is 2630. The number of rotatable bonds is 2. The van der Waals surface area contributed by atoms with E-state index in [1.807, 2.05) is 23.5 Å². The average Bonchev–Trinajstić information content (AvgIpc) is 3.61. The first-order chi connectivity index (χ1) is 20.8. The summed E-state index contributed by atoms with van der Waals surface area (Å²) >= 11 is 1.90. The van der Waals surface area contributed by atoms with Crippen LogP contribution in [-0.2, 0) is 0 Å². The van der Waals surface area contributed by atoms with Gasteiger partial charge < -0.3 is 4.42 Å². The zero-order valence-corrected chi connectivity index (χ0v) is 23.3. The third-order valence-corrected chi connectivity index (χ3v) is 10.1. The van der Waals surface area contributed by atoms with Crippen molar-refractivity contribution in [2.75, 3.05) is 0 Å². The summed E-state index contributed by atoms with van der Waals surface area (Å²) in [6.07, 6.45) is 0. The SMILES string of the molecule is c1ccc2c(c1)oc1ccc(-c3c4ccccc4c(-c4cc5cccc6sc7cccc4c7c56)c4ccccc34)cc12. The lowest BCUT2D eigenvalue weighted by molar-refractivity contribution is 0.669. The van der Waals surface area contributed by atoms with Gasteiger partial charge >= 0.3 is 0 Å². The maximum atomic E-state index is 6.18. The topological polar surface area (TPSA) is 13.1 Å². The lowest BCUT2D eigenvalue weighted by Gasteiger charge is -2.19. The molecule has 8 aromatic carbocycles. The van der Waals surface area contributed by atoms with Crippen LogP contribution in [0.5, 0.6) is 0 Å². The molecule has 2 heterocycles. The van der Waals surface area contributed by atoms with Crippen LogP contribution >= 0.6 is 11.3 Å². The van der Waals surface area contributed by atoms with Gasteiger partial charge in [0, 0.05) is 30.9 Å². The van der Waals surface area contributed by atoms with Crippen LogP contribution in [0, 0.1) is 0 Å². The Morgan fingerprint density at radius 1 is 0.405 bits per heavy atom. The number of furan rings is 1. The number of benzene rings is 8. The van der Waals surface area contributed by atoms with E-state index in [4.69, 9.17) is 4.42 Å². The van der Waals surface area contributed by atoms with Crippen LogP contribution in [0.15, 0.2) is 138 Å². The zero-order chi connectivity index (χ0) is 27.4.